The molecule has 0 bridgehead atoms. The van der Waals surface area contributed by atoms with Crippen LogP contribution in [0.5, 0.6) is 0 Å². The smallest absolute Gasteiger partial charge is 0.190 e. The van der Waals surface area contributed by atoms with E-state index in [0.29, 0.717) is 0 Å². The molecule has 1 N–H and O–H groups in total. The van der Waals surface area contributed by atoms with Gasteiger partial charge in [0.25, 0.3) is 0 Å². The lowest BCUT2D eigenvalue weighted by atomic mass is 10.0. The first-order chi connectivity index (χ1) is 14.1. The first kappa shape index (κ1) is 20.2. The Bertz CT molecular complexity index is 1110. The molecule has 29 heavy (non-hydrogen) atoms. The second-order valence-corrected chi connectivity index (χ2v) is 9.31. The van der Waals surface area contributed by atoms with Gasteiger partial charge in [0, 0.05) is 16.4 Å². The lowest BCUT2D eigenvalue weighted by Gasteiger charge is -2.09. The van der Waals surface area contributed by atoms with Gasteiger partial charge in [-0.1, -0.05) is 59.8 Å². The van der Waals surface area contributed by atoms with E-state index < -0.39 is 0 Å². The van der Waals surface area contributed by atoms with E-state index >= 15 is 0 Å². The number of aryl methyl sites for hydroxylation is 2. The molecule has 0 unspecified atom stereocenters. The van der Waals surface area contributed by atoms with Gasteiger partial charge in [-0.15, -0.1) is 11.3 Å². The van der Waals surface area contributed by atoms with E-state index in [0.717, 1.165) is 45.6 Å². The van der Waals surface area contributed by atoms with Crippen LogP contribution >= 0.6 is 34.7 Å². The van der Waals surface area contributed by atoms with Gasteiger partial charge < -0.3 is 5.32 Å². The van der Waals surface area contributed by atoms with Gasteiger partial charge in [0.1, 0.15) is 10.6 Å². The fourth-order valence-corrected chi connectivity index (χ4v) is 4.68. The Labute approximate surface area is 184 Å². The summed E-state index contributed by atoms with van der Waals surface area (Å²) in [6, 6.07) is 18.9. The lowest BCUT2D eigenvalue weighted by Crippen LogP contribution is -2.06. The van der Waals surface area contributed by atoms with Crippen molar-refractivity contribution in [2.45, 2.75) is 24.9 Å². The molecule has 148 valence electrons. The monoisotopic (exact) mass is 439 g/mol. The first-order valence-corrected chi connectivity index (χ1v) is 12.0. The predicted octanol–water partition coefficient (Wildman–Crippen LogP) is 7.09. The molecule has 2 heterocycles. The van der Waals surface area contributed by atoms with Crippen molar-refractivity contribution < 1.29 is 0 Å². The molecule has 0 saturated carbocycles. The number of rotatable bonds is 7. The van der Waals surface area contributed by atoms with Crippen LogP contribution in [0.1, 0.15) is 16.9 Å². The molecule has 0 spiro atoms. The zero-order valence-corrected chi connectivity index (χ0v) is 18.8. The number of nitrogens with zero attached hydrogens (tertiary/aromatic N) is 2. The van der Waals surface area contributed by atoms with Crippen LogP contribution in [0, 0.1) is 6.92 Å². The molecule has 2 aromatic heterocycles. The van der Waals surface area contributed by atoms with Crippen molar-refractivity contribution in [1.82, 2.24) is 9.97 Å². The Hall–Kier alpha value is -2.08. The number of hydrogen-bond acceptors (Lipinski definition) is 5. The second kappa shape index (κ2) is 9.16. The molecule has 0 saturated heterocycles. The summed E-state index contributed by atoms with van der Waals surface area (Å²) >= 11 is 9.28. The van der Waals surface area contributed by atoms with E-state index in [1.54, 1.807) is 23.1 Å². The molecule has 0 aliphatic carbocycles. The van der Waals surface area contributed by atoms with Crippen LogP contribution < -0.4 is 5.32 Å². The van der Waals surface area contributed by atoms with E-state index in [1.807, 2.05) is 18.4 Å². The number of aromatic nitrogens is 2. The van der Waals surface area contributed by atoms with Crippen molar-refractivity contribution in [3.8, 4) is 11.1 Å². The summed E-state index contributed by atoms with van der Waals surface area (Å²) in [7, 11) is 0. The Morgan fingerprint density at radius 2 is 1.69 bits per heavy atom. The van der Waals surface area contributed by atoms with Crippen molar-refractivity contribution in [2.24, 2.45) is 0 Å². The summed E-state index contributed by atoms with van der Waals surface area (Å²) in [5, 5.41) is 6.22. The largest absolute Gasteiger partial charge is 0.369 e. The molecule has 0 atom stereocenters. The molecule has 4 rings (SSSR count). The van der Waals surface area contributed by atoms with Crippen LogP contribution in [0.15, 0.2) is 59.8 Å². The SMILES string of the molecule is CSc1nc(NCCCc2ccc(-c3ccc(Cl)cc3)cc2)c2cc(C)sc2n1. The molecule has 4 aromatic rings. The van der Waals surface area contributed by atoms with E-state index in [4.69, 9.17) is 11.6 Å². The summed E-state index contributed by atoms with van der Waals surface area (Å²) in [4.78, 5) is 11.6. The zero-order chi connectivity index (χ0) is 20.2. The molecule has 6 heteroatoms. The number of benzene rings is 2. The Morgan fingerprint density at radius 1 is 1.00 bits per heavy atom. The summed E-state index contributed by atoms with van der Waals surface area (Å²) in [5.41, 5.74) is 3.74. The average molecular weight is 440 g/mol. The Morgan fingerprint density at radius 3 is 2.38 bits per heavy atom. The van der Waals surface area contributed by atoms with Crippen molar-refractivity contribution in [2.75, 3.05) is 18.1 Å². The van der Waals surface area contributed by atoms with Gasteiger partial charge >= 0.3 is 0 Å². The van der Waals surface area contributed by atoms with Gasteiger partial charge in [0.15, 0.2) is 5.16 Å². The summed E-state index contributed by atoms with van der Waals surface area (Å²) in [5.74, 6) is 0.946. The highest BCUT2D eigenvalue weighted by atomic mass is 35.5. The maximum absolute atomic E-state index is 5.98. The van der Waals surface area contributed by atoms with Crippen molar-refractivity contribution in [3.05, 3.63) is 70.1 Å². The third-order valence-corrected chi connectivity index (χ3v) is 6.49. The summed E-state index contributed by atoms with van der Waals surface area (Å²) < 4.78 is 0. The third kappa shape index (κ3) is 4.92. The van der Waals surface area contributed by atoms with Crippen LogP contribution in [-0.2, 0) is 6.42 Å². The van der Waals surface area contributed by atoms with Gasteiger partial charge in [-0.25, -0.2) is 9.97 Å². The van der Waals surface area contributed by atoms with Crippen LogP contribution in [0.4, 0.5) is 5.82 Å². The number of anilines is 1. The van der Waals surface area contributed by atoms with Crippen LogP contribution in [0.2, 0.25) is 5.02 Å². The minimum atomic E-state index is 0.765. The average Bonchev–Trinajstić information content (AvgIpc) is 3.12. The Kier molecular flexibility index (Phi) is 6.38. The molecule has 0 radical (unpaired) electrons. The summed E-state index contributed by atoms with van der Waals surface area (Å²) in [6.07, 6.45) is 4.09. The second-order valence-electron chi connectivity index (χ2n) is 6.87. The molecule has 2 aromatic carbocycles. The fourth-order valence-electron chi connectivity index (χ4n) is 3.25. The molecule has 0 amide bonds. The molecule has 3 nitrogen and oxygen atoms in total. The minimum Gasteiger partial charge on any atom is -0.369 e. The standard InChI is InChI=1S/C23H22ClN3S2/c1-15-14-20-21(26-23(28-2)27-22(20)29-15)25-13-3-4-16-5-7-17(8-6-16)18-9-11-19(24)12-10-18/h5-12,14H,3-4,13H2,1-2H3,(H,25,26,27). The van der Waals surface area contributed by atoms with Gasteiger partial charge in [-0.05, 0) is 60.9 Å². The number of halogens is 1. The maximum atomic E-state index is 5.98. The van der Waals surface area contributed by atoms with Crippen LogP contribution in [-0.4, -0.2) is 22.8 Å². The van der Waals surface area contributed by atoms with E-state index in [2.05, 4.69) is 64.7 Å². The third-order valence-electron chi connectivity index (χ3n) is 4.74. The highest BCUT2D eigenvalue weighted by Gasteiger charge is 2.10. The van der Waals surface area contributed by atoms with Gasteiger partial charge in [0.2, 0.25) is 0 Å². The summed E-state index contributed by atoms with van der Waals surface area (Å²) in [6.45, 7) is 3.00. The fraction of sp³-hybridized carbons (Fsp3) is 0.217. The van der Waals surface area contributed by atoms with E-state index in [9.17, 15) is 0 Å². The number of fused-ring (bicyclic) bond motifs is 1. The van der Waals surface area contributed by atoms with Crippen LogP contribution in [0.3, 0.4) is 0 Å². The highest BCUT2D eigenvalue weighted by molar-refractivity contribution is 7.98. The van der Waals surface area contributed by atoms with Crippen molar-refractivity contribution in [3.63, 3.8) is 0 Å². The number of thioether (sulfide) groups is 1. The highest BCUT2D eigenvalue weighted by Crippen LogP contribution is 2.30. The molecular weight excluding hydrogens is 418 g/mol. The predicted molar refractivity (Wildman–Crippen MR) is 128 cm³/mol. The lowest BCUT2D eigenvalue weighted by molar-refractivity contribution is 0.855. The quantitative estimate of drug-likeness (QED) is 0.189. The Balaban J connectivity index is 1.36. The maximum Gasteiger partial charge on any atom is 0.190 e. The van der Waals surface area contributed by atoms with Gasteiger partial charge in [-0.3, -0.25) is 0 Å². The normalized spacial score (nSPS) is 11.1. The van der Waals surface area contributed by atoms with Crippen molar-refractivity contribution >= 4 is 50.7 Å². The minimum absolute atomic E-state index is 0.765. The molecule has 0 aliphatic heterocycles. The molecular formula is C23H22ClN3S2. The van der Waals surface area contributed by atoms with E-state index in [1.165, 1.54) is 21.6 Å². The van der Waals surface area contributed by atoms with Gasteiger partial charge in [-0.2, -0.15) is 0 Å². The van der Waals surface area contributed by atoms with Gasteiger partial charge in [0.05, 0.1) is 5.39 Å². The molecule has 0 aliphatic rings. The first-order valence-electron chi connectivity index (χ1n) is 9.53. The van der Waals surface area contributed by atoms with Crippen molar-refractivity contribution in [1.29, 1.82) is 0 Å². The number of thiophene rings is 1. The topological polar surface area (TPSA) is 37.8 Å². The van der Waals surface area contributed by atoms with E-state index in [-0.39, 0.29) is 0 Å². The van der Waals surface area contributed by atoms with Crippen LogP contribution in [0.25, 0.3) is 21.3 Å². The molecule has 0 fully saturated rings. The zero-order valence-electron chi connectivity index (χ0n) is 16.4. The number of nitrogens with one attached hydrogen (secondary N) is 1. The number of hydrogen-bond donors (Lipinski definition) is 1.